The van der Waals surface area contributed by atoms with E-state index in [1.54, 1.807) is 11.3 Å². The molecule has 0 aromatic carbocycles. The van der Waals surface area contributed by atoms with E-state index in [-0.39, 0.29) is 11.3 Å². The molecule has 1 fully saturated rings. The van der Waals surface area contributed by atoms with Crippen LogP contribution in [0.1, 0.15) is 25.1 Å². The van der Waals surface area contributed by atoms with Crippen LogP contribution in [-0.4, -0.2) is 20.8 Å². The highest BCUT2D eigenvalue weighted by molar-refractivity contribution is 7.10. The van der Waals surface area contributed by atoms with Gasteiger partial charge in [-0.3, -0.25) is 10.2 Å². The van der Waals surface area contributed by atoms with E-state index in [1.807, 2.05) is 17.5 Å². The van der Waals surface area contributed by atoms with Crippen LogP contribution in [0, 0.1) is 5.41 Å². The molecule has 5 nitrogen and oxygen atoms in total. The summed E-state index contributed by atoms with van der Waals surface area (Å²) in [6, 6.07) is 4.02. The minimum absolute atomic E-state index is 0.00402. The van der Waals surface area contributed by atoms with E-state index < -0.39 is 5.41 Å². The van der Waals surface area contributed by atoms with Crippen molar-refractivity contribution in [3.8, 4) is 0 Å². The molecule has 6 heteroatoms. The van der Waals surface area contributed by atoms with Gasteiger partial charge in [-0.25, -0.2) is 4.68 Å². The van der Waals surface area contributed by atoms with Gasteiger partial charge in [-0.2, -0.15) is 0 Å². The Hall–Kier alpha value is -1.69. The summed E-state index contributed by atoms with van der Waals surface area (Å²) in [7, 11) is 0. The first-order valence-electron chi connectivity index (χ1n) is 5.76. The third kappa shape index (κ3) is 1.49. The Morgan fingerprint density at radius 2 is 2.11 bits per heavy atom. The number of carbonyl (C=O) groups excluding carboxylic acids is 1. The normalized spacial score (nSPS) is 24.8. The summed E-state index contributed by atoms with van der Waals surface area (Å²) in [5.41, 5.74) is 2.41. The van der Waals surface area contributed by atoms with Gasteiger partial charge in [-0.1, -0.05) is 19.9 Å². The van der Waals surface area contributed by atoms with Gasteiger partial charge in [0.2, 0.25) is 0 Å². The quantitative estimate of drug-likeness (QED) is 0.917. The first-order chi connectivity index (χ1) is 8.56. The maximum absolute atomic E-state index is 12.5. The minimum Gasteiger partial charge on any atom is -0.272 e. The van der Waals surface area contributed by atoms with Crippen molar-refractivity contribution >= 4 is 17.2 Å². The van der Waals surface area contributed by atoms with Crippen molar-refractivity contribution in [3.05, 3.63) is 35.0 Å². The number of hydrogen-bond acceptors (Lipinski definition) is 4. The maximum Gasteiger partial charge on any atom is 0.250 e. The number of aromatic nitrogens is 3. The number of rotatable bonds is 3. The number of amides is 1. The number of nitrogens with zero attached hydrogens (tertiary/aromatic N) is 3. The third-order valence-electron chi connectivity index (χ3n) is 3.72. The highest BCUT2D eigenvalue weighted by atomic mass is 32.1. The monoisotopic (exact) mass is 262 g/mol. The zero-order valence-electron chi connectivity index (χ0n) is 10.3. The second kappa shape index (κ2) is 3.65. The summed E-state index contributed by atoms with van der Waals surface area (Å²) in [5, 5.41) is 9.37. The van der Waals surface area contributed by atoms with Gasteiger partial charge in [0, 0.05) is 4.88 Å². The molecular weight excluding hydrogens is 248 g/mol. The van der Waals surface area contributed by atoms with Crippen LogP contribution in [-0.2, 0) is 10.2 Å². The smallest absolute Gasteiger partial charge is 0.250 e. The predicted octanol–water partition coefficient (Wildman–Crippen LogP) is 1.78. The average Bonchev–Trinajstić information content (AvgIpc) is 2.81. The summed E-state index contributed by atoms with van der Waals surface area (Å²) in [5.74, 6) is 0.00903. The molecule has 3 rings (SSSR count). The Bertz CT molecular complexity index is 561. The lowest BCUT2D eigenvalue weighted by atomic mass is 9.93. The molecule has 0 unspecified atom stereocenters. The molecule has 94 valence electrons. The lowest BCUT2D eigenvalue weighted by Crippen LogP contribution is -2.35. The molecule has 1 amide bonds. The molecule has 2 heterocycles. The van der Waals surface area contributed by atoms with Crippen molar-refractivity contribution in [2.24, 2.45) is 5.41 Å². The zero-order valence-corrected chi connectivity index (χ0v) is 11.1. The molecule has 1 aliphatic rings. The standard InChI is InChI=1S/C12H14N4OS/c1-11(2)6-12(11,9-4-3-5-18-9)10(17)15-16-7-13-14-8-16/h3-5,7-8H,6H2,1-2H3,(H,15,17)/t12-/m0/s1. The van der Waals surface area contributed by atoms with Crippen LogP contribution >= 0.6 is 11.3 Å². The molecule has 0 spiro atoms. The summed E-state index contributed by atoms with van der Waals surface area (Å²) in [6.07, 6.45) is 3.83. The fourth-order valence-electron chi connectivity index (χ4n) is 2.53. The molecule has 1 saturated carbocycles. The van der Waals surface area contributed by atoms with Crippen molar-refractivity contribution in [2.45, 2.75) is 25.7 Å². The number of carbonyl (C=O) groups is 1. The SMILES string of the molecule is CC1(C)C[C@@]1(C(=O)Nn1cnnc1)c1cccs1. The van der Waals surface area contributed by atoms with Crippen LogP contribution in [0.25, 0.3) is 0 Å². The van der Waals surface area contributed by atoms with E-state index in [9.17, 15) is 4.79 Å². The molecule has 1 aliphatic carbocycles. The zero-order chi connectivity index (χ0) is 12.8. The Balaban J connectivity index is 1.91. The van der Waals surface area contributed by atoms with Crippen molar-refractivity contribution < 1.29 is 4.79 Å². The summed E-state index contributed by atoms with van der Waals surface area (Å²) < 4.78 is 1.49. The lowest BCUT2D eigenvalue weighted by molar-refractivity contribution is -0.120. The van der Waals surface area contributed by atoms with E-state index in [4.69, 9.17) is 0 Å². The fraction of sp³-hybridized carbons (Fsp3) is 0.417. The van der Waals surface area contributed by atoms with Gasteiger partial charge in [0.05, 0.1) is 5.41 Å². The average molecular weight is 262 g/mol. The Morgan fingerprint density at radius 3 is 2.61 bits per heavy atom. The highest BCUT2D eigenvalue weighted by Gasteiger charge is 2.67. The molecule has 1 atom stereocenters. The maximum atomic E-state index is 12.5. The number of thiophene rings is 1. The van der Waals surface area contributed by atoms with Crippen molar-refractivity contribution in [2.75, 3.05) is 5.43 Å². The molecule has 1 N–H and O–H groups in total. The van der Waals surface area contributed by atoms with Gasteiger partial charge in [0.15, 0.2) is 0 Å². The largest absolute Gasteiger partial charge is 0.272 e. The topological polar surface area (TPSA) is 59.8 Å². The van der Waals surface area contributed by atoms with Gasteiger partial charge >= 0.3 is 0 Å². The third-order valence-corrected chi connectivity index (χ3v) is 4.75. The van der Waals surface area contributed by atoms with E-state index in [2.05, 4.69) is 29.5 Å². The van der Waals surface area contributed by atoms with Crippen molar-refractivity contribution in [1.29, 1.82) is 0 Å². The highest BCUT2D eigenvalue weighted by Crippen LogP contribution is 2.65. The van der Waals surface area contributed by atoms with Crippen LogP contribution in [0.2, 0.25) is 0 Å². The van der Waals surface area contributed by atoms with E-state index in [0.29, 0.717) is 0 Å². The number of nitrogens with one attached hydrogen (secondary N) is 1. The van der Waals surface area contributed by atoms with Crippen LogP contribution in [0.4, 0.5) is 0 Å². The number of hydrogen-bond donors (Lipinski definition) is 1. The van der Waals surface area contributed by atoms with Crippen LogP contribution in [0.3, 0.4) is 0 Å². The first-order valence-corrected chi connectivity index (χ1v) is 6.64. The van der Waals surface area contributed by atoms with Gasteiger partial charge in [-0.15, -0.1) is 21.5 Å². The minimum atomic E-state index is -0.411. The Morgan fingerprint density at radius 1 is 1.44 bits per heavy atom. The molecule has 0 bridgehead atoms. The van der Waals surface area contributed by atoms with Gasteiger partial charge in [0.25, 0.3) is 5.91 Å². The second-order valence-corrected chi connectivity index (χ2v) is 6.20. The molecule has 18 heavy (non-hydrogen) atoms. The molecule has 2 aromatic heterocycles. The van der Waals surface area contributed by atoms with Crippen molar-refractivity contribution in [3.63, 3.8) is 0 Å². The van der Waals surface area contributed by atoms with E-state index in [1.165, 1.54) is 17.3 Å². The van der Waals surface area contributed by atoms with E-state index >= 15 is 0 Å². The molecule has 0 aliphatic heterocycles. The Labute approximate surface area is 109 Å². The predicted molar refractivity (Wildman–Crippen MR) is 68.8 cm³/mol. The van der Waals surface area contributed by atoms with Crippen LogP contribution in [0.15, 0.2) is 30.2 Å². The van der Waals surface area contributed by atoms with Crippen molar-refractivity contribution in [1.82, 2.24) is 14.9 Å². The molecular formula is C12H14N4OS. The van der Waals surface area contributed by atoms with Gasteiger partial charge < -0.3 is 0 Å². The Kier molecular flexibility index (Phi) is 2.31. The summed E-state index contributed by atoms with van der Waals surface area (Å²) in [6.45, 7) is 4.25. The molecule has 0 radical (unpaired) electrons. The van der Waals surface area contributed by atoms with Crippen LogP contribution < -0.4 is 5.43 Å². The van der Waals surface area contributed by atoms with Gasteiger partial charge in [0.1, 0.15) is 12.7 Å². The van der Waals surface area contributed by atoms with E-state index in [0.717, 1.165) is 11.3 Å². The fourth-order valence-corrected chi connectivity index (χ4v) is 3.63. The van der Waals surface area contributed by atoms with Gasteiger partial charge in [-0.05, 0) is 23.3 Å². The molecule has 0 saturated heterocycles. The molecule has 2 aromatic rings. The lowest BCUT2D eigenvalue weighted by Gasteiger charge is -2.18. The second-order valence-electron chi connectivity index (χ2n) is 5.25. The van der Waals surface area contributed by atoms with Crippen LogP contribution in [0.5, 0.6) is 0 Å². The first kappa shape index (κ1) is 11.4. The summed E-state index contributed by atoms with van der Waals surface area (Å²) >= 11 is 1.63. The summed E-state index contributed by atoms with van der Waals surface area (Å²) in [4.78, 5) is 13.7.